The van der Waals surface area contributed by atoms with Crippen molar-refractivity contribution >= 4 is 11.9 Å². The lowest BCUT2D eigenvalue weighted by Crippen LogP contribution is -2.66. The molecule has 2 fully saturated rings. The number of nitrogens with zero attached hydrogens (tertiary/aromatic N) is 2. The molecule has 0 atom stereocenters. The minimum Gasteiger partial charge on any atom is -0.507 e. The van der Waals surface area contributed by atoms with Crippen LogP contribution >= 0.6 is 0 Å². The number of carboxylic acids is 2. The Morgan fingerprint density at radius 1 is 0.673 bits per heavy atom. The Labute approximate surface area is 299 Å². The number of phenolic OH excluding ortho intramolecular Hbond substituents is 1. The van der Waals surface area contributed by atoms with E-state index in [1.165, 1.54) is 0 Å². The van der Waals surface area contributed by atoms with Crippen molar-refractivity contribution in [3.05, 3.63) is 28.8 Å². The number of aliphatic carboxylic acids is 2. The molecule has 0 unspecified atom stereocenters. The third-order valence-corrected chi connectivity index (χ3v) is 13.6. The van der Waals surface area contributed by atoms with E-state index in [4.69, 9.17) is 0 Å². The van der Waals surface area contributed by atoms with E-state index in [-0.39, 0.29) is 52.1 Å². The Morgan fingerprint density at radius 2 is 0.959 bits per heavy atom. The Hall–Kier alpha value is -2.12. The molecular weight excluding hydrogens is 612 g/mol. The smallest absolute Gasteiger partial charge is 0.321 e. The van der Waals surface area contributed by atoms with Gasteiger partial charge >= 0.3 is 11.9 Å². The maximum Gasteiger partial charge on any atom is 0.321 e. The maximum absolute atomic E-state index is 14.0. The lowest BCUT2D eigenvalue weighted by molar-refractivity contribution is -0.188. The van der Waals surface area contributed by atoms with Crippen molar-refractivity contribution in [1.82, 2.24) is 9.80 Å². The number of likely N-dealkylation sites (tertiary alicyclic amines) is 2. The van der Waals surface area contributed by atoms with Gasteiger partial charge < -0.3 is 15.3 Å². The Bertz CT molecular complexity index is 1290. The van der Waals surface area contributed by atoms with Crippen LogP contribution in [0.3, 0.4) is 0 Å². The zero-order valence-electron chi connectivity index (χ0n) is 34.5. The molecule has 0 amide bonds. The van der Waals surface area contributed by atoms with Gasteiger partial charge in [-0.1, -0.05) is 67.5 Å². The first-order chi connectivity index (χ1) is 21.7. The summed E-state index contributed by atoms with van der Waals surface area (Å²) in [4.78, 5) is 32.9. The second-order valence-electron chi connectivity index (χ2n) is 21.2. The van der Waals surface area contributed by atoms with Crippen molar-refractivity contribution in [2.45, 2.75) is 176 Å². The first-order valence-electron chi connectivity index (χ1n) is 18.5. The molecule has 0 radical (unpaired) electrons. The van der Waals surface area contributed by atoms with Crippen LogP contribution in [0.5, 0.6) is 5.75 Å². The average Bonchev–Trinajstić information content (AvgIpc) is 2.87. The zero-order chi connectivity index (χ0) is 38.3. The van der Waals surface area contributed by atoms with E-state index in [1.807, 2.05) is 67.5 Å². The van der Waals surface area contributed by atoms with Gasteiger partial charge in [-0.05, 0) is 152 Å². The van der Waals surface area contributed by atoms with E-state index in [0.717, 1.165) is 25.7 Å². The van der Waals surface area contributed by atoms with Gasteiger partial charge in [0.05, 0.1) is 0 Å². The number of phenols is 1. The molecule has 7 heteroatoms. The zero-order valence-corrected chi connectivity index (χ0v) is 34.5. The fraction of sp³-hybridized carbons (Fsp3) is 0.810. The van der Waals surface area contributed by atoms with Gasteiger partial charge in [-0.3, -0.25) is 19.4 Å². The molecule has 2 aliphatic rings. The molecule has 2 aliphatic heterocycles. The molecule has 1 aromatic rings. The highest BCUT2D eigenvalue weighted by atomic mass is 16.4. The third kappa shape index (κ3) is 7.32. The summed E-state index contributed by atoms with van der Waals surface area (Å²) in [5.74, 6) is -2.39. The number of carboxylic acid groups (broad SMARTS) is 2. The Kier molecular flexibility index (Phi) is 10.6. The van der Waals surface area contributed by atoms with E-state index < -0.39 is 33.6 Å². The molecule has 0 bridgehead atoms. The van der Waals surface area contributed by atoms with Gasteiger partial charge in [0.25, 0.3) is 0 Å². The normalized spacial score (nSPS) is 22.8. The molecule has 2 saturated heterocycles. The number of piperidine rings is 2. The van der Waals surface area contributed by atoms with E-state index >= 15 is 0 Å². The molecule has 49 heavy (non-hydrogen) atoms. The Balaban J connectivity index is 2.41. The minimum absolute atomic E-state index is 0.101. The molecule has 2 heterocycles. The molecule has 0 aliphatic carbocycles. The predicted molar refractivity (Wildman–Crippen MR) is 201 cm³/mol. The van der Waals surface area contributed by atoms with Gasteiger partial charge in [0.2, 0.25) is 0 Å². The van der Waals surface area contributed by atoms with Gasteiger partial charge in [-0.15, -0.1) is 0 Å². The van der Waals surface area contributed by atoms with Crippen LogP contribution < -0.4 is 0 Å². The van der Waals surface area contributed by atoms with Crippen LogP contribution in [0.4, 0.5) is 0 Å². The van der Waals surface area contributed by atoms with Crippen LogP contribution in [0.1, 0.15) is 153 Å². The second kappa shape index (κ2) is 12.5. The second-order valence-corrected chi connectivity index (χ2v) is 21.2. The van der Waals surface area contributed by atoms with Crippen LogP contribution in [0, 0.1) is 28.6 Å². The molecular formula is C42H72N2O5. The van der Waals surface area contributed by atoms with Crippen LogP contribution in [0.25, 0.3) is 0 Å². The molecule has 1 aromatic carbocycles. The molecule has 7 nitrogen and oxygen atoms in total. The van der Waals surface area contributed by atoms with Gasteiger partial charge in [-0.2, -0.15) is 0 Å². The van der Waals surface area contributed by atoms with Crippen LogP contribution in [0.15, 0.2) is 12.1 Å². The fourth-order valence-corrected chi connectivity index (χ4v) is 10.5. The molecule has 0 saturated carbocycles. The van der Waals surface area contributed by atoms with Gasteiger partial charge in [0, 0.05) is 22.2 Å². The first-order valence-corrected chi connectivity index (χ1v) is 18.5. The highest BCUT2D eigenvalue weighted by molar-refractivity contribution is 5.99. The summed E-state index contributed by atoms with van der Waals surface area (Å²) < 4.78 is 0. The summed E-state index contributed by atoms with van der Waals surface area (Å²) >= 11 is 0. The minimum atomic E-state index is -2.13. The van der Waals surface area contributed by atoms with Crippen LogP contribution in [-0.2, 0) is 26.8 Å². The van der Waals surface area contributed by atoms with Crippen molar-refractivity contribution < 1.29 is 24.9 Å². The summed E-state index contributed by atoms with van der Waals surface area (Å²) in [6, 6.07) is 3.72. The van der Waals surface area contributed by atoms with Gasteiger partial charge in [0.1, 0.15) is 5.75 Å². The molecule has 0 spiro atoms. The van der Waals surface area contributed by atoms with E-state index in [1.54, 1.807) is 0 Å². The average molecular weight is 685 g/mol. The number of aromatic hydroxyl groups is 1. The van der Waals surface area contributed by atoms with E-state index in [9.17, 15) is 24.9 Å². The topological polar surface area (TPSA) is 101 Å². The third-order valence-electron chi connectivity index (χ3n) is 13.6. The summed E-state index contributed by atoms with van der Waals surface area (Å²) in [7, 11) is 4.36. The number of hydrogen-bond acceptors (Lipinski definition) is 5. The Morgan fingerprint density at radius 3 is 1.20 bits per heavy atom. The first kappa shape index (κ1) is 41.3. The number of carbonyl (C=O) groups is 2. The number of benzene rings is 1. The summed E-state index contributed by atoms with van der Waals surface area (Å²) in [5.41, 5.74) is -2.78. The van der Waals surface area contributed by atoms with Crippen molar-refractivity contribution in [1.29, 1.82) is 0 Å². The quantitative estimate of drug-likeness (QED) is 0.235. The lowest BCUT2D eigenvalue weighted by atomic mass is 9.47. The molecule has 280 valence electrons. The van der Waals surface area contributed by atoms with Crippen molar-refractivity contribution in [2.75, 3.05) is 14.1 Å². The van der Waals surface area contributed by atoms with Crippen molar-refractivity contribution in [2.24, 2.45) is 28.6 Å². The standard InChI is InChI=1S/C42H72N2O5/c1-35(2,3)29-19-26(20-30(32(29)45)36(4,5)6)21-42(33(46)47,34(48)49)41(15,16)31(27-22-37(7,8)43(17)38(9,10)23-27)28-24-39(11,12)44(18)40(13,14)25-28/h19-20,27-28,31,45H,21-25H2,1-18H3,(H,46,47)(H,48,49). The van der Waals surface area contributed by atoms with Crippen molar-refractivity contribution in [3.63, 3.8) is 0 Å². The highest BCUT2D eigenvalue weighted by Crippen LogP contribution is 2.60. The number of rotatable bonds is 8. The van der Waals surface area contributed by atoms with Crippen molar-refractivity contribution in [3.8, 4) is 5.75 Å². The van der Waals surface area contributed by atoms with E-state index in [2.05, 4.69) is 79.3 Å². The molecule has 3 rings (SSSR count). The highest BCUT2D eigenvalue weighted by Gasteiger charge is 2.65. The van der Waals surface area contributed by atoms with Gasteiger partial charge in [0.15, 0.2) is 5.41 Å². The summed E-state index contributed by atoms with van der Waals surface area (Å²) in [6.07, 6.45) is 3.23. The predicted octanol–water partition coefficient (Wildman–Crippen LogP) is 9.13. The van der Waals surface area contributed by atoms with Gasteiger partial charge in [-0.25, -0.2) is 0 Å². The lowest BCUT2D eigenvalue weighted by Gasteiger charge is -2.62. The maximum atomic E-state index is 14.0. The SMILES string of the molecule is CN1C(C)(C)CC(C(C2CC(C)(C)N(C)C(C)(C)C2)C(C)(C)C(Cc2cc(C(C)(C)C)c(O)c(C(C)(C)C)c2)(C(=O)O)C(=O)O)CC1(C)C. The fourth-order valence-electron chi connectivity index (χ4n) is 10.5. The molecule has 0 aromatic heterocycles. The summed E-state index contributed by atoms with van der Waals surface area (Å²) in [6.45, 7) is 34.2. The largest absolute Gasteiger partial charge is 0.507 e. The van der Waals surface area contributed by atoms with Crippen LogP contribution in [0.2, 0.25) is 0 Å². The van der Waals surface area contributed by atoms with E-state index in [0.29, 0.717) is 16.7 Å². The molecule has 3 N–H and O–H groups in total. The number of hydrogen-bond donors (Lipinski definition) is 3. The van der Waals surface area contributed by atoms with Crippen LogP contribution in [-0.4, -0.2) is 73.3 Å². The monoisotopic (exact) mass is 685 g/mol. The summed E-state index contributed by atoms with van der Waals surface area (Å²) in [5, 5.41) is 34.3.